The van der Waals surface area contributed by atoms with Crippen LogP contribution in [0.1, 0.15) is 30.9 Å². The molecule has 0 unspecified atom stereocenters. The van der Waals surface area contributed by atoms with Crippen LogP contribution in [-0.4, -0.2) is 42.3 Å². The van der Waals surface area contributed by atoms with Gasteiger partial charge in [-0.15, -0.1) is 0 Å². The second-order valence-corrected chi connectivity index (χ2v) is 6.39. The molecule has 0 aromatic heterocycles. The van der Waals surface area contributed by atoms with Gasteiger partial charge in [0.05, 0.1) is 11.7 Å². The van der Waals surface area contributed by atoms with Crippen molar-refractivity contribution in [2.75, 3.05) is 20.1 Å². The van der Waals surface area contributed by atoms with Gasteiger partial charge in [-0.3, -0.25) is 0 Å². The minimum Gasteiger partial charge on any atom is -0.392 e. The predicted octanol–water partition coefficient (Wildman–Crippen LogP) is 2.90. The molecule has 1 aromatic rings. The third-order valence-corrected chi connectivity index (χ3v) is 4.15. The lowest BCUT2D eigenvalue weighted by Gasteiger charge is -2.23. The monoisotopic (exact) mass is 348 g/mol. The average molecular weight is 348 g/mol. The predicted molar refractivity (Wildman–Crippen MR) is 80.0 cm³/mol. The highest BCUT2D eigenvalue weighted by molar-refractivity contribution is 5.74. The summed E-state index contributed by atoms with van der Waals surface area (Å²) < 4.78 is 52.1. The highest BCUT2D eigenvalue weighted by Crippen LogP contribution is 2.48. The maximum absolute atomic E-state index is 13.6. The van der Waals surface area contributed by atoms with E-state index in [9.17, 15) is 27.5 Å². The van der Waals surface area contributed by atoms with Gasteiger partial charge in [-0.2, -0.15) is 13.2 Å². The number of nitrogens with one attached hydrogen (secondary N) is 1. The molecule has 1 saturated carbocycles. The van der Waals surface area contributed by atoms with Crippen LogP contribution in [0.25, 0.3) is 0 Å². The van der Waals surface area contributed by atoms with E-state index in [1.807, 2.05) is 0 Å². The number of hydrogen-bond donors (Lipinski definition) is 2. The molecule has 1 aromatic carbocycles. The quantitative estimate of drug-likeness (QED) is 0.804. The number of carbonyl (C=O) groups excluding carboxylic acids is 1. The summed E-state index contributed by atoms with van der Waals surface area (Å²) in [6.07, 6.45) is -4.15. The summed E-state index contributed by atoms with van der Waals surface area (Å²) >= 11 is 0. The Bertz CT molecular complexity index is 613. The number of aliphatic hydroxyl groups is 1. The number of benzene rings is 1. The Morgan fingerprint density at radius 3 is 2.50 bits per heavy atom. The Labute approximate surface area is 137 Å². The molecule has 0 radical (unpaired) electrons. The fourth-order valence-corrected chi connectivity index (χ4v) is 2.64. The fraction of sp³-hybridized carbons (Fsp3) is 0.562. The maximum atomic E-state index is 13.6. The molecule has 0 saturated heterocycles. The Hall–Kier alpha value is -1.83. The van der Waals surface area contributed by atoms with E-state index in [1.165, 1.54) is 18.9 Å². The van der Waals surface area contributed by atoms with Crippen LogP contribution in [0.5, 0.6) is 0 Å². The minimum atomic E-state index is -4.62. The molecule has 24 heavy (non-hydrogen) atoms. The molecular formula is C16H20F4N2O2. The standard InChI is InChI=1S/C16H20F4N2O2/c1-10(23)8-22(2)14(24)21-9-15(3-4-15)11-5-12(16(18,19)20)7-13(17)6-11/h5-7,10,23H,3-4,8-9H2,1-2H3,(H,21,24)/t10-/m0/s1. The lowest BCUT2D eigenvalue weighted by Crippen LogP contribution is -2.43. The zero-order valence-electron chi connectivity index (χ0n) is 13.5. The van der Waals surface area contributed by atoms with Crippen LogP contribution in [0, 0.1) is 5.82 Å². The number of nitrogens with zero attached hydrogens (tertiary/aromatic N) is 1. The van der Waals surface area contributed by atoms with Gasteiger partial charge in [-0.1, -0.05) is 0 Å². The molecular weight excluding hydrogens is 328 g/mol. The van der Waals surface area contributed by atoms with E-state index < -0.39 is 35.1 Å². The first kappa shape index (κ1) is 18.5. The van der Waals surface area contributed by atoms with E-state index in [1.54, 1.807) is 0 Å². The van der Waals surface area contributed by atoms with Gasteiger partial charge in [-0.25, -0.2) is 9.18 Å². The van der Waals surface area contributed by atoms with Crippen molar-refractivity contribution in [3.63, 3.8) is 0 Å². The number of urea groups is 1. The van der Waals surface area contributed by atoms with Gasteiger partial charge in [0, 0.05) is 25.6 Å². The number of aliphatic hydroxyl groups excluding tert-OH is 1. The van der Waals surface area contributed by atoms with Crippen LogP contribution in [0.15, 0.2) is 18.2 Å². The van der Waals surface area contributed by atoms with E-state index in [-0.39, 0.29) is 18.7 Å². The van der Waals surface area contributed by atoms with Gasteiger partial charge in [0.15, 0.2) is 0 Å². The third-order valence-electron chi connectivity index (χ3n) is 4.15. The number of rotatable bonds is 5. The molecule has 0 bridgehead atoms. The molecule has 4 nitrogen and oxygen atoms in total. The maximum Gasteiger partial charge on any atom is 0.416 e. The van der Waals surface area contributed by atoms with Gasteiger partial charge >= 0.3 is 12.2 Å². The molecule has 2 amide bonds. The van der Waals surface area contributed by atoms with Crippen molar-refractivity contribution in [1.29, 1.82) is 0 Å². The highest BCUT2D eigenvalue weighted by atomic mass is 19.4. The van der Waals surface area contributed by atoms with Crippen molar-refractivity contribution in [2.45, 2.75) is 37.5 Å². The van der Waals surface area contributed by atoms with Gasteiger partial charge < -0.3 is 15.3 Å². The van der Waals surface area contributed by atoms with Crippen LogP contribution < -0.4 is 5.32 Å². The van der Waals surface area contributed by atoms with E-state index >= 15 is 0 Å². The van der Waals surface area contributed by atoms with E-state index in [0.29, 0.717) is 18.9 Å². The summed E-state index contributed by atoms with van der Waals surface area (Å²) in [7, 11) is 1.51. The Kier molecular flexibility index (Phi) is 5.08. The van der Waals surface area contributed by atoms with Gasteiger partial charge in [0.2, 0.25) is 0 Å². The number of amides is 2. The summed E-state index contributed by atoms with van der Waals surface area (Å²) in [5.41, 5.74) is -1.45. The highest BCUT2D eigenvalue weighted by Gasteiger charge is 2.46. The molecule has 2 N–H and O–H groups in total. The number of likely N-dealkylation sites (N-methyl/N-ethyl adjacent to an activating group) is 1. The summed E-state index contributed by atoms with van der Waals surface area (Å²) in [5.74, 6) is -0.941. The molecule has 1 fully saturated rings. The first-order chi connectivity index (χ1) is 11.0. The molecule has 0 spiro atoms. The molecule has 0 aliphatic heterocycles. The van der Waals surface area contributed by atoms with Crippen molar-refractivity contribution in [3.05, 3.63) is 35.1 Å². The zero-order valence-corrected chi connectivity index (χ0v) is 13.5. The van der Waals surface area contributed by atoms with E-state index in [2.05, 4.69) is 5.32 Å². The summed E-state index contributed by atoms with van der Waals surface area (Å²) in [5, 5.41) is 11.9. The van der Waals surface area contributed by atoms with Crippen LogP contribution in [-0.2, 0) is 11.6 Å². The Morgan fingerprint density at radius 1 is 1.38 bits per heavy atom. The van der Waals surface area contributed by atoms with Crippen LogP contribution >= 0.6 is 0 Å². The molecule has 2 rings (SSSR count). The summed E-state index contributed by atoms with van der Waals surface area (Å²) in [6, 6.07) is 2.07. The lowest BCUT2D eigenvalue weighted by molar-refractivity contribution is -0.137. The summed E-state index contributed by atoms with van der Waals surface area (Å²) in [4.78, 5) is 13.2. The molecule has 134 valence electrons. The number of halogens is 4. The van der Waals surface area contributed by atoms with Crippen LogP contribution in [0.2, 0.25) is 0 Å². The molecule has 8 heteroatoms. The van der Waals surface area contributed by atoms with Crippen molar-refractivity contribution in [1.82, 2.24) is 10.2 Å². The molecule has 1 atom stereocenters. The lowest BCUT2D eigenvalue weighted by atomic mass is 9.94. The molecule has 1 aliphatic rings. The van der Waals surface area contributed by atoms with Crippen LogP contribution in [0.3, 0.4) is 0 Å². The van der Waals surface area contributed by atoms with Crippen molar-refractivity contribution >= 4 is 6.03 Å². The second-order valence-electron chi connectivity index (χ2n) is 6.39. The first-order valence-corrected chi connectivity index (χ1v) is 7.59. The fourth-order valence-electron chi connectivity index (χ4n) is 2.64. The SMILES string of the molecule is C[C@H](O)CN(C)C(=O)NCC1(c2cc(F)cc(C(F)(F)F)c2)CC1. The van der Waals surface area contributed by atoms with E-state index in [4.69, 9.17) is 0 Å². The van der Waals surface area contributed by atoms with Crippen molar-refractivity contribution in [3.8, 4) is 0 Å². The normalized spacial score (nSPS) is 17.3. The smallest absolute Gasteiger partial charge is 0.392 e. The number of carbonyl (C=O) groups is 1. The van der Waals surface area contributed by atoms with Gasteiger partial charge in [0.1, 0.15) is 5.82 Å². The zero-order chi connectivity index (χ0) is 18.1. The first-order valence-electron chi connectivity index (χ1n) is 7.59. The van der Waals surface area contributed by atoms with Crippen molar-refractivity contribution in [2.24, 2.45) is 0 Å². The molecule has 0 heterocycles. The average Bonchev–Trinajstić information content (AvgIpc) is 3.23. The summed E-state index contributed by atoms with van der Waals surface area (Å²) in [6.45, 7) is 1.80. The topological polar surface area (TPSA) is 52.6 Å². The number of alkyl halides is 3. The van der Waals surface area contributed by atoms with Gasteiger partial charge in [-0.05, 0) is 43.5 Å². The van der Waals surface area contributed by atoms with Crippen molar-refractivity contribution < 1.29 is 27.5 Å². The largest absolute Gasteiger partial charge is 0.416 e. The third kappa shape index (κ3) is 4.37. The minimum absolute atomic E-state index is 0.122. The Balaban J connectivity index is 2.09. The van der Waals surface area contributed by atoms with Crippen LogP contribution in [0.4, 0.5) is 22.4 Å². The Morgan fingerprint density at radius 2 is 2.00 bits per heavy atom. The van der Waals surface area contributed by atoms with E-state index in [0.717, 1.165) is 12.1 Å². The second kappa shape index (κ2) is 6.58. The molecule has 1 aliphatic carbocycles. The van der Waals surface area contributed by atoms with Gasteiger partial charge in [0.25, 0.3) is 0 Å². The number of hydrogen-bond acceptors (Lipinski definition) is 2.